The number of methoxy groups -OCH3 is 1. The van der Waals surface area contributed by atoms with Gasteiger partial charge < -0.3 is 15.4 Å². The zero-order chi connectivity index (χ0) is 16.3. The molecule has 1 aliphatic heterocycles. The molecular formula is C15H22ClN3O4. The number of nitrogens with two attached hydrogens (primary N) is 1. The second kappa shape index (κ2) is 8.12. The van der Waals surface area contributed by atoms with Crippen molar-refractivity contribution in [2.24, 2.45) is 11.7 Å². The zero-order valence-electron chi connectivity index (χ0n) is 13.2. The summed E-state index contributed by atoms with van der Waals surface area (Å²) in [5.74, 6) is 0.498. The highest BCUT2D eigenvalue weighted by Crippen LogP contribution is 2.27. The van der Waals surface area contributed by atoms with Gasteiger partial charge in [-0.25, -0.2) is 0 Å². The molecule has 1 fully saturated rings. The van der Waals surface area contributed by atoms with Crippen LogP contribution in [0.15, 0.2) is 18.2 Å². The van der Waals surface area contributed by atoms with E-state index in [0.717, 1.165) is 12.8 Å². The summed E-state index contributed by atoms with van der Waals surface area (Å²) >= 11 is 0. The van der Waals surface area contributed by atoms with Crippen LogP contribution in [0.3, 0.4) is 0 Å². The van der Waals surface area contributed by atoms with Crippen LogP contribution in [-0.2, 0) is 0 Å². The molecule has 0 aliphatic carbocycles. The summed E-state index contributed by atoms with van der Waals surface area (Å²) < 4.78 is 5.07. The van der Waals surface area contributed by atoms with Gasteiger partial charge in [-0.3, -0.25) is 14.9 Å². The van der Waals surface area contributed by atoms with Gasteiger partial charge in [-0.15, -0.1) is 12.4 Å². The van der Waals surface area contributed by atoms with Crippen molar-refractivity contribution in [1.29, 1.82) is 0 Å². The number of hydrogen-bond acceptors (Lipinski definition) is 5. The van der Waals surface area contributed by atoms with Gasteiger partial charge in [-0.05, 0) is 37.8 Å². The van der Waals surface area contributed by atoms with E-state index in [1.54, 1.807) is 4.90 Å². The number of halogens is 1. The number of amides is 1. The van der Waals surface area contributed by atoms with E-state index in [1.165, 1.54) is 25.3 Å². The fourth-order valence-corrected chi connectivity index (χ4v) is 2.77. The minimum atomic E-state index is -0.540. The number of likely N-dealkylation sites (tertiary alicyclic amines) is 1. The predicted octanol–water partition coefficient (Wildman–Crippen LogP) is 2.22. The number of nitro groups is 1. The van der Waals surface area contributed by atoms with Crippen molar-refractivity contribution in [2.45, 2.75) is 25.8 Å². The first-order valence-electron chi connectivity index (χ1n) is 7.31. The number of nitrogens with zero attached hydrogens (tertiary/aromatic N) is 2. The Bertz CT molecular complexity index is 572. The number of nitro benzene ring substituents is 1. The van der Waals surface area contributed by atoms with Crippen molar-refractivity contribution >= 4 is 24.0 Å². The molecule has 1 aliphatic rings. The quantitative estimate of drug-likeness (QED) is 0.667. The maximum absolute atomic E-state index is 12.6. The first kappa shape index (κ1) is 19.2. The third-order valence-corrected chi connectivity index (χ3v) is 4.20. The molecule has 0 radical (unpaired) electrons. The van der Waals surface area contributed by atoms with Crippen LogP contribution in [0.2, 0.25) is 0 Å². The molecule has 2 rings (SSSR count). The molecule has 0 bridgehead atoms. The molecule has 1 aromatic carbocycles. The van der Waals surface area contributed by atoms with E-state index in [-0.39, 0.29) is 35.6 Å². The largest absolute Gasteiger partial charge is 0.497 e. The first-order valence-corrected chi connectivity index (χ1v) is 7.31. The lowest BCUT2D eigenvalue weighted by atomic mass is 9.90. The van der Waals surface area contributed by atoms with Crippen molar-refractivity contribution < 1.29 is 14.5 Å². The van der Waals surface area contributed by atoms with E-state index < -0.39 is 4.92 Å². The second-order valence-corrected chi connectivity index (χ2v) is 5.63. The highest BCUT2D eigenvalue weighted by Gasteiger charge is 2.29. The van der Waals surface area contributed by atoms with Gasteiger partial charge in [0.2, 0.25) is 0 Å². The Labute approximate surface area is 141 Å². The summed E-state index contributed by atoms with van der Waals surface area (Å²) in [6.45, 7) is 3.11. The molecule has 7 nitrogen and oxygen atoms in total. The molecule has 2 N–H and O–H groups in total. The summed E-state index contributed by atoms with van der Waals surface area (Å²) in [6, 6.07) is 4.32. The van der Waals surface area contributed by atoms with Gasteiger partial charge in [0.1, 0.15) is 11.3 Å². The van der Waals surface area contributed by atoms with Gasteiger partial charge in [0.15, 0.2) is 0 Å². The Morgan fingerprint density at radius 3 is 2.52 bits per heavy atom. The number of piperidine rings is 1. The van der Waals surface area contributed by atoms with Crippen LogP contribution < -0.4 is 10.5 Å². The SMILES string of the molecule is COc1ccc([N+](=O)[O-])c(C(=O)N2CCC(C(C)N)CC2)c1.Cl. The maximum atomic E-state index is 12.6. The van der Waals surface area contributed by atoms with Crippen LogP contribution in [0, 0.1) is 16.0 Å². The van der Waals surface area contributed by atoms with E-state index in [4.69, 9.17) is 10.5 Å². The van der Waals surface area contributed by atoms with Gasteiger partial charge in [0.25, 0.3) is 11.6 Å². The topological polar surface area (TPSA) is 98.7 Å². The van der Waals surface area contributed by atoms with Crippen LogP contribution in [0.1, 0.15) is 30.1 Å². The molecule has 1 heterocycles. The van der Waals surface area contributed by atoms with Gasteiger partial charge in [-0.2, -0.15) is 0 Å². The molecule has 1 atom stereocenters. The predicted molar refractivity (Wildman–Crippen MR) is 89.2 cm³/mol. The van der Waals surface area contributed by atoms with Crippen LogP contribution in [0.5, 0.6) is 5.75 Å². The lowest BCUT2D eigenvalue weighted by molar-refractivity contribution is -0.385. The highest BCUT2D eigenvalue weighted by molar-refractivity contribution is 5.98. The van der Waals surface area contributed by atoms with Crippen molar-refractivity contribution in [1.82, 2.24) is 4.90 Å². The molecule has 1 unspecified atom stereocenters. The molecule has 1 amide bonds. The van der Waals surface area contributed by atoms with E-state index in [2.05, 4.69) is 0 Å². The van der Waals surface area contributed by atoms with Gasteiger partial charge in [0.05, 0.1) is 12.0 Å². The summed E-state index contributed by atoms with van der Waals surface area (Å²) in [5, 5.41) is 11.1. The van der Waals surface area contributed by atoms with E-state index in [9.17, 15) is 14.9 Å². The van der Waals surface area contributed by atoms with Crippen LogP contribution in [0.25, 0.3) is 0 Å². The lowest BCUT2D eigenvalue weighted by Gasteiger charge is -2.33. The number of carbonyl (C=O) groups excluding carboxylic acids is 1. The summed E-state index contributed by atoms with van der Waals surface area (Å²) in [4.78, 5) is 24.8. The van der Waals surface area contributed by atoms with Gasteiger partial charge in [0, 0.05) is 25.2 Å². The van der Waals surface area contributed by atoms with Crippen LogP contribution >= 0.6 is 12.4 Å². The molecule has 1 saturated heterocycles. The van der Waals surface area contributed by atoms with Crippen LogP contribution in [-0.4, -0.2) is 42.0 Å². The fourth-order valence-electron chi connectivity index (χ4n) is 2.77. The Kier molecular flexibility index (Phi) is 6.78. The van der Waals surface area contributed by atoms with Gasteiger partial charge in [-0.1, -0.05) is 0 Å². The van der Waals surface area contributed by atoms with Gasteiger partial charge >= 0.3 is 0 Å². The molecule has 1 aromatic rings. The Balaban J connectivity index is 0.00000264. The minimum absolute atomic E-state index is 0. The maximum Gasteiger partial charge on any atom is 0.282 e. The number of ether oxygens (including phenoxy) is 1. The Hall–Kier alpha value is -1.86. The second-order valence-electron chi connectivity index (χ2n) is 5.63. The third kappa shape index (κ3) is 4.33. The fraction of sp³-hybridized carbons (Fsp3) is 0.533. The number of rotatable bonds is 4. The number of hydrogen-bond donors (Lipinski definition) is 1. The molecular weight excluding hydrogens is 322 g/mol. The third-order valence-electron chi connectivity index (χ3n) is 4.20. The summed E-state index contributed by atoms with van der Waals surface area (Å²) in [5.41, 5.74) is 5.77. The molecule has 23 heavy (non-hydrogen) atoms. The van der Waals surface area contributed by atoms with E-state index in [1.807, 2.05) is 6.92 Å². The van der Waals surface area contributed by atoms with Crippen molar-refractivity contribution in [3.8, 4) is 5.75 Å². The number of benzene rings is 1. The Morgan fingerprint density at radius 1 is 1.43 bits per heavy atom. The van der Waals surface area contributed by atoms with E-state index in [0.29, 0.717) is 24.8 Å². The minimum Gasteiger partial charge on any atom is -0.497 e. The molecule has 0 aromatic heterocycles. The molecule has 8 heteroatoms. The van der Waals surface area contributed by atoms with Crippen molar-refractivity contribution in [2.75, 3.05) is 20.2 Å². The van der Waals surface area contributed by atoms with E-state index >= 15 is 0 Å². The lowest BCUT2D eigenvalue weighted by Crippen LogP contribution is -2.42. The summed E-state index contributed by atoms with van der Waals surface area (Å²) in [7, 11) is 1.46. The Morgan fingerprint density at radius 2 is 2.04 bits per heavy atom. The first-order chi connectivity index (χ1) is 10.4. The molecule has 128 valence electrons. The molecule has 0 spiro atoms. The normalized spacial score (nSPS) is 16.4. The smallest absolute Gasteiger partial charge is 0.282 e. The standard InChI is InChI=1S/C15H21N3O4.ClH/c1-10(16)11-5-7-17(8-6-11)15(19)13-9-12(22-2)3-4-14(13)18(20)21;/h3-4,9-11H,5-8,16H2,1-2H3;1H. The molecule has 0 saturated carbocycles. The van der Waals surface area contributed by atoms with Crippen LogP contribution in [0.4, 0.5) is 5.69 Å². The number of carbonyl (C=O) groups is 1. The monoisotopic (exact) mass is 343 g/mol. The van der Waals surface area contributed by atoms with Crippen molar-refractivity contribution in [3.05, 3.63) is 33.9 Å². The average Bonchev–Trinajstić information content (AvgIpc) is 2.53. The summed E-state index contributed by atoms with van der Waals surface area (Å²) in [6.07, 6.45) is 1.64. The zero-order valence-corrected chi connectivity index (χ0v) is 14.0. The highest BCUT2D eigenvalue weighted by atomic mass is 35.5. The average molecular weight is 344 g/mol. The van der Waals surface area contributed by atoms with Crippen molar-refractivity contribution in [3.63, 3.8) is 0 Å².